The van der Waals surface area contributed by atoms with Gasteiger partial charge in [0.15, 0.2) is 13.1 Å². The van der Waals surface area contributed by atoms with Gasteiger partial charge in [0, 0.05) is 44.6 Å². The summed E-state index contributed by atoms with van der Waals surface area (Å²) in [4.78, 5) is 23.6. The Morgan fingerprint density at radius 3 is 2.16 bits per heavy atom. The number of aliphatic hydroxyl groups excluding tert-OH is 1. The fourth-order valence-electron chi connectivity index (χ4n) is 5.83. The Morgan fingerprint density at radius 2 is 1.60 bits per heavy atom. The number of anilines is 3. The molecular formula is C29H32BClF6N7O. The van der Waals surface area contributed by atoms with Crippen molar-refractivity contribution in [1.82, 2.24) is 19.9 Å². The molecule has 0 spiro atoms. The molecule has 0 amide bonds. The van der Waals surface area contributed by atoms with Crippen molar-refractivity contribution in [3.63, 3.8) is 0 Å². The van der Waals surface area contributed by atoms with Crippen LogP contribution in [0.15, 0.2) is 36.8 Å². The molecule has 4 heterocycles. The molecule has 0 unspecified atom stereocenters. The third-order valence-corrected chi connectivity index (χ3v) is 8.55. The average Bonchev–Trinajstić information content (AvgIpc) is 3.43. The lowest BCUT2D eigenvalue weighted by Gasteiger charge is -2.32. The third-order valence-electron chi connectivity index (χ3n) is 8.29. The first kappa shape index (κ1) is 33.1. The third kappa shape index (κ3) is 7.57. The first-order valence-corrected chi connectivity index (χ1v) is 15.0. The van der Waals surface area contributed by atoms with Crippen LogP contribution in [0.1, 0.15) is 49.3 Å². The van der Waals surface area contributed by atoms with Crippen LogP contribution >= 0.6 is 11.6 Å². The number of aromatic nitrogens is 4. The van der Waals surface area contributed by atoms with E-state index in [1.165, 1.54) is 6.20 Å². The number of alkyl halides is 6. The van der Waals surface area contributed by atoms with Crippen molar-refractivity contribution in [1.29, 1.82) is 0 Å². The quantitative estimate of drug-likeness (QED) is 0.257. The SMILES string of the molecule is C[B]c1cnc(N(Cc2cc(C(F)(F)F)cc(C(F)(F)F)c2)[C@H]2C[C@@H](CC)N(c3nc(N4CCC(O)CC4)ncc3Cl)C2)nc1. The second-order valence-corrected chi connectivity index (χ2v) is 11.7. The molecule has 2 fully saturated rings. The largest absolute Gasteiger partial charge is 0.416 e. The predicted molar refractivity (Wildman–Crippen MR) is 160 cm³/mol. The van der Waals surface area contributed by atoms with Crippen LogP contribution in [0, 0.1) is 0 Å². The molecule has 0 bridgehead atoms. The van der Waals surface area contributed by atoms with Crippen LogP contribution in [0.2, 0.25) is 11.8 Å². The lowest BCUT2D eigenvalue weighted by Crippen LogP contribution is -2.39. The van der Waals surface area contributed by atoms with E-state index in [1.807, 2.05) is 16.7 Å². The molecule has 8 nitrogen and oxygen atoms in total. The molecule has 241 valence electrons. The zero-order valence-electron chi connectivity index (χ0n) is 24.7. The summed E-state index contributed by atoms with van der Waals surface area (Å²) < 4.78 is 82.1. The number of halogens is 7. The van der Waals surface area contributed by atoms with Crippen molar-refractivity contribution in [3.05, 3.63) is 58.5 Å². The number of piperidine rings is 1. The van der Waals surface area contributed by atoms with Gasteiger partial charge >= 0.3 is 12.4 Å². The van der Waals surface area contributed by atoms with Gasteiger partial charge in [-0.25, -0.2) is 15.0 Å². The molecule has 16 heteroatoms. The number of nitrogens with zero attached hydrogens (tertiary/aromatic N) is 7. The monoisotopic (exact) mass is 654 g/mol. The molecule has 5 rings (SSSR count). The topological polar surface area (TPSA) is 81.5 Å². The molecule has 2 aliphatic rings. The van der Waals surface area contributed by atoms with Crippen LogP contribution in [0.3, 0.4) is 0 Å². The van der Waals surface area contributed by atoms with Crippen molar-refractivity contribution < 1.29 is 31.4 Å². The molecule has 45 heavy (non-hydrogen) atoms. The van der Waals surface area contributed by atoms with Crippen LogP contribution in [-0.4, -0.2) is 70.1 Å². The van der Waals surface area contributed by atoms with Gasteiger partial charge in [-0.05, 0) is 49.4 Å². The smallest absolute Gasteiger partial charge is 0.393 e. The molecule has 2 saturated heterocycles. The van der Waals surface area contributed by atoms with Crippen LogP contribution in [0.25, 0.3) is 0 Å². The summed E-state index contributed by atoms with van der Waals surface area (Å²) in [6, 6.07) is 1.09. The highest BCUT2D eigenvalue weighted by atomic mass is 35.5. The maximum Gasteiger partial charge on any atom is 0.416 e. The lowest BCUT2D eigenvalue weighted by molar-refractivity contribution is -0.143. The maximum atomic E-state index is 13.7. The van der Waals surface area contributed by atoms with E-state index in [0.29, 0.717) is 67.6 Å². The van der Waals surface area contributed by atoms with E-state index in [1.54, 1.807) is 31.4 Å². The van der Waals surface area contributed by atoms with Crippen molar-refractivity contribution in [2.45, 2.75) is 76.5 Å². The lowest BCUT2D eigenvalue weighted by atomic mass is 9.75. The molecule has 0 saturated carbocycles. The molecule has 1 N–H and O–H groups in total. The Bertz CT molecular complexity index is 1440. The average molecular weight is 655 g/mol. The second kappa shape index (κ2) is 13.2. The van der Waals surface area contributed by atoms with Crippen LogP contribution in [0.5, 0.6) is 0 Å². The van der Waals surface area contributed by atoms with Gasteiger partial charge in [-0.15, -0.1) is 0 Å². The second-order valence-electron chi connectivity index (χ2n) is 11.3. The molecule has 0 aliphatic carbocycles. The van der Waals surface area contributed by atoms with Crippen molar-refractivity contribution >= 4 is 42.1 Å². The van der Waals surface area contributed by atoms with Crippen LogP contribution in [-0.2, 0) is 18.9 Å². The highest BCUT2D eigenvalue weighted by Crippen LogP contribution is 2.39. The minimum absolute atomic E-state index is 0.101. The summed E-state index contributed by atoms with van der Waals surface area (Å²) in [5, 5.41) is 10.2. The summed E-state index contributed by atoms with van der Waals surface area (Å²) in [5.41, 5.74) is -2.22. The number of aliphatic hydroxyl groups is 1. The predicted octanol–water partition coefficient (Wildman–Crippen LogP) is 5.36. The van der Waals surface area contributed by atoms with Crippen molar-refractivity contribution in [2.75, 3.05) is 34.3 Å². The summed E-state index contributed by atoms with van der Waals surface area (Å²) >= 11 is 6.61. The first-order valence-electron chi connectivity index (χ1n) is 14.7. The van der Waals surface area contributed by atoms with Crippen LogP contribution < -0.4 is 20.2 Å². The molecule has 2 atom stereocenters. The summed E-state index contributed by atoms with van der Waals surface area (Å²) in [5.74, 6) is 1.13. The van der Waals surface area contributed by atoms with E-state index in [9.17, 15) is 31.4 Å². The number of rotatable bonds is 8. The minimum atomic E-state index is -4.97. The van der Waals surface area contributed by atoms with E-state index in [4.69, 9.17) is 16.6 Å². The standard InChI is InChI=1S/C29H32BClF6N7O/c1-3-21-11-22(16-43(21)25-24(31)14-40-27(41-25)42-6-4-23(45)5-7-42)44(26-38-12-20(30-2)13-39-26)15-17-8-18(28(32,33)34)10-19(9-17)29(35,36)37/h8-10,12-14,21-23,45H,3-7,11,15-16H2,1-2H3/t21-,22+/m1/s1. The van der Waals surface area contributed by atoms with Gasteiger partial charge in [0.1, 0.15) is 5.02 Å². The fourth-order valence-corrected chi connectivity index (χ4v) is 6.03. The zero-order chi connectivity index (χ0) is 32.5. The van der Waals surface area contributed by atoms with Gasteiger partial charge < -0.3 is 19.8 Å². The summed E-state index contributed by atoms with van der Waals surface area (Å²) in [6.07, 6.45) is -3.36. The summed E-state index contributed by atoms with van der Waals surface area (Å²) in [7, 11) is 1.78. The Hall–Kier alpha value is -3.33. The van der Waals surface area contributed by atoms with Crippen molar-refractivity contribution in [3.8, 4) is 0 Å². The van der Waals surface area contributed by atoms with Gasteiger partial charge in [-0.3, -0.25) is 0 Å². The van der Waals surface area contributed by atoms with E-state index in [2.05, 4.69) is 15.0 Å². The number of hydrogen-bond donors (Lipinski definition) is 1. The van der Waals surface area contributed by atoms with Gasteiger partial charge in [-0.1, -0.05) is 30.8 Å². The van der Waals surface area contributed by atoms with Gasteiger partial charge in [-0.2, -0.15) is 31.3 Å². The normalized spacial score (nSPS) is 19.7. The molecular weight excluding hydrogens is 623 g/mol. The Labute approximate surface area is 262 Å². The molecule has 2 aromatic heterocycles. The van der Waals surface area contributed by atoms with Gasteiger partial charge in [0.2, 0.25) is 11.9 Å². The number of benzene rings is 1. The molecule has 1 radical (unpaired) electrons. The van der Waals surface area contributed by atoms with E-state index < -0.39 is 29.5 Å². The number of hydrogen-bond acceptors (Lipinski definition) is 8. The molecule has 3 aromatic rings. The molecule has 2 aliphatic heterocycles. The Morgan fingerprint density at radius 1 is 0.978 bits per heavy atom. The summed E-state index contributed by atoms with van der Waals surface area (Å²) in [6.45, 7) is 4.95. The Kier molecular flexibility index (Phi) is 9.69. The van der Waals surface area contributed by atoms with E-state index in [0.717, 1.165) is 12.1 Å². The molecule has 1 aromatic carbocycles. The Balaban J connectivity index is 1.50. The van der Waals surface area contributed by atoms with Crippen molar-refractivity contribution in [2.24, 2.45) is 0 Å². The van der Waals surface area contributed by atoms with E-state index >= 15 is 0 Å². The van der Waals surface area contributed by atoms with Gasteiger partial charge in [0.05, 0.1) is 29.5 Å². The first-order chi connectivity index (χ1) is 21.3. The maximum absolute atomic E-state index is 13.7. The zero-order valence-corrected chi connectivity index (χ0v) is 25.4. The fraction of sp³-hybridized carbons (Fsp3) is 0.517. The highest BCUT2D eigenvalue weighted by Gasteiger charge is 2.40. The highest BCUT2D eigenvalue weighted by molar-refractivity contribution is 6.51. The van der Waals surface area contributed by atoms with Gasteiger partial charge in [0.25, 0.3) is 0 Å². The van der Waals surface area contributed by atoms with Crippen LogP contribution in [0.4, 0.5) is 44.1 Å². The minimum Gasteiger partial charge on any atom is -0.393 e. The van der Waals surface area contributed by atoms with E-state index in [-0.39, 0.29) is 36.3 Å².